The van der Waals surface area contributed by atoms with Crippen molar-refractivity contribution in [3.63, 3.8) is 0 Å². The molecule has 0 fully saturated rings. The predicted molar refractivity (Wildman–Crippen MR) is 117 cm³/mol. The van der Waals surface area contributed by atoms with Crippen LogP contribution in [-0.2, 0) is 17.6 Å². The SMILES string of the molecule is CCCCC(NC(=O)c1[nH]c2c(c1C)CCC(C)(C)C2)C(=O)Nc1ccccc1. The summed E-state index contributed by atoms with van der Waals surface area (Å²) in [6.07, 6.45) is 5.53. The van der Waals surface area contributed by atoms with Crippen molar-refractivity contribution in [2.45, 2.75) is 72.3 Å². The van der Waals surface area contributed by atoms with Crippen LogP contribution in [0.3, 0.4) is 0 Å². The number of carbonyl (C=O) groups is 2. The van der Waals surface area contributed by atoms with Gasteiger partial charge in [-0.15, -0.1) is 0 Å². The molecule has 1 unspecified atom stereocenters. The Morgan fingerprint density at radius 3 is 2.62 bits per heavy atom. The molecule has 0 saturated heterocycles. The standard InChI is InChI=1S/C24H33N3O2/c1-5-6-12-19(22(28)25-17-10-8-7-9-11-17)27-23(29)21-16(2)18-13-14-24(3,4)15-20(18)26-21/h7-11,19,26H,5-6,12-15H2,1-4H3,(H,25,28)(H,27,29). The van der Waals surface area contributed by atoms with Crippen molar-refractivity contribution in [3.8, 4) is 0 Å². The van der Waals surface area contributed by atoms with E-state index in [1.54, 1.807) is 0 Å². The maximum atomic E-state index is 13.1. The number of H-pyrrole nitrogens is 1. The van der Waals surface area contributed by atoms with Gasteiger partial charge in [-0.3, -0.25) is 9.59 Å². The van der Waals surface area contributed by atoms with E-state index in [1.165, 1.54) is 11.3 Å². The van der Waals surface area contributed by atoms with Crippen molar-refractivity contribution in [1.82, 2.24) is 10.3 Å². The van der Waals surface area contributed by atoms with E-state index in [1.807, 2.05) is 37.3 Å². The Hall–Kier alpha value is -2.56. The monoisotopic (exact) mass is 395 g/mol. The van der Waals surface area contributed by atoms with E-state index < -0.39 is 6.04 Å². The van der Waals surface area contributed by atoms with Gasteiger partial charge >= 0.3 is 0 Å². The Kier molecular flexibility index (Phi) is 6.46. The van der Waals surface area contributed by atoms with Crippen LogP contribution >= 0.6 is 0 Å². The summed E-state index contributed by atoms with van der Waals surface area (Å²) < 4.78 is 0. The molecule has 0 radical (unpaired) electrons. The van der Waals surface area contributed by atoms with E-state index in [9.17, 15) is 9.59 Å². The summed E-state index contributed by atoms with van der Waals surface area (Å²) in [6, 6.07) is 8.80. The molecule has 3 N–H and O–H groups in total. The van der Waals surface area contributed by atoms with Crippen molar-refractivity contribution in [2.24, 2.45) is 5.41 Å². The summed E-state index contributed by atoms with van der Waals surface area (Å²) in [5.74, 6) is -0.368. The molecule has 1 aliphatic carbocycles. The van der Waals surface area contributed by atoms with Crippen LogP contribution in [0.25, 0.3) is 0 Å². The van der Waals surface area contributed by atoms with Crippen LogP contribution in [0.5, 0.6) is 0 Å². The number of hydrogen-bond donors (Lipinski definition) is 3. The summed E-state index contributed by atoms with van der Waals surface area (Å²) >= 11 is 0. The first kappa shape index (κ1) is 21.2. The molecule has 156 valence electrons. The highest BCUT2D eigenvalue weighted by molar-refractivity contribution is 6.01. The molecule has 0 saturated carbocycles. The molecule has 29 heavy (non-hydrogen) atoms. The zero-order valence-corrected chi connectivity index (χ0v) is 18.0. The smallest absolute Gasteiger partial charge is 0.268 e. The summed E-state index contributed by atoms with van der Waals surface area (Å²) in [5, 5.41) is 5.89. The number of benzene rings is 1. The number of nitrogens with one attached hydrogen (secondary N) is 3. The summed E-state index contributed by atoms with van der Waals surface area (Å²) in [6.45, 7) is 8.62. The zero-order valence-electron chi connectivity index (χ0n) is 18.0. The van der Waals surface area contributed by atoms with Crippen LogP contribution in [-0.4, -0.2) is 22.8 Å². The zero-order chi connectivity index (χ0) is 21.0. The van der Waals surface area contributed by atoms with E-state index in [0.717, 1.165) is 43.4 Å². The van der Waals surface area contributed by atoms with Gasteiger partial charge in [-0.05, 0) is 61.3 Å². The van der Waals surface area contributed by atoms with Gasteiger partial charge in [-0.1, -0.05) is 51.8 Å². The molecule has 1 atom stereocenters. The number of aromatic amines is 1. The van der Waals surface area contributed by atoms with E-state index in [4.69, 9.17) is 0 Å². The molecule has 0 aliphatic heterocycles. The minimum absolute atomic E-state index is 0.173. The number of amides is 2. The largest absolute Gasteiger partial charge is 0.354 e. The quantitative estimate of drug-likeness (QED) is 0.632. The number of fused-ring (bicyclic) bond motifs is 1. The topological polar surface area (TPSA) is 74.0 Å². The molecule has 0 spiro atoms. The molecule has 2 aromatic rings. The minimum Gasteiger partial charge on any atom is -0.354 e. The first-order chi connectivity index (χ1) is 13.8. The second kappa shape index (κ2) is 8.85. The second-order valence-corrected chi connectivity index (χ2v) is 8.95. The van der Waals surface area contributed by atoms with Crippen molar-refractivity contribution >= 4 is 17.5 Å². The number of unbranched alkanes of at least 4 members (excludes halogenated alkanes) is 1. The van der Waals surface area contributed by atoms with Gasteiger partial charge in [0.05, 0.1) is 0 Å². The fourth-order valence-corrected chi connectivity index (χ4v) is 4.10. The molecule has 1 aromatic heterocycles. The second-order valence-electron chi connectivity index (χ2n) is 8.95. The highest BCUT2D eigenvalue weighted by atomic mass is 16.2. The molecule has 1 aromatic carbocycles. The van der Waals surface area contributed by atoms with Crippen molar-refractivity contribution in [3.05, 3.63) is 52.8 Å². The van der Waals surface area contributed by atoms with Crippen LogP contribution in [0, 0.1) is 12.3 Å². The summed E-state index contributed by atoms with van der Waals surface area (Å²) in [4.78, 5) is 29.2. The van der Waals surface area contributed by atoms with Crippen molar-refractivity contribution in [2.75, 3.05) is 5.32 Å². The van der Waals surface area contributed by atoms with E-state index in [0.29, 0.717) is 12.1 Å². The van der Waals surface area contributed by atoms with Crippen LogP contribution < -0.4 is 10.6 Å². The van der Waals surface area contributed by atoms with Crippen molar-refractivity contribution in [1.29, 1.82) is 0 Å². The number of hydrogen-bond acceptors (Lipinski definition) is 2. The Bertz CT molecular complexity index is 868. The first-order valence-electron chi connectivity index (χ1n) is 10.7. The highest BCUT2D eigenvalue weighted by Gasteiger charge is 2.31. The third-order valence-corrected chi connectivity index (χ3v) is 5.91. The Morgan fingerprint density at radius 1 is 1.21 bits per heavy atom. The molecule has 0 bridgehead atoms. The molecular weight excluding hydrogens is 362 g/mol. The van der Waals surface area contributed by atoms with E-state index in [-0.39, 0.29) is 17.2 Å². The fraction of sp³-hybridized carbons (Fsp3) is 0.500. The number of para-hydroxylation sites is 1. The van der Waals surface area contributed by atoms with Gasteiger partial charge in [0.15, 0.2) is 0 Å². The number of rotatable bonds is 7. The fourth-order valence-electron chi connectivity index (χ4n) is 4.10. The number of anilines is 1. The van der Waals surface area contributed by atoms with Gasteiger partial charge < -0.3 is 15.6 Å². The lowest BCUT2D eigenvalue weighted by atomic mass is 9.76. The average Bonchev–Trinajstić information content (AvgIpc) is 3.00. The predicted octanol–water partition coefficient (Wildman–Crippen LogP) is 4.77. The summed E-state index contributed by atoms with van der Waals surface area (Å²) in [5.41, 5.74) is 5.04. The van der Waals surface area contributed by atoms with Gasteiger partial charge in [0, 0.05) is 11.4 Å². The third kappa shape index (κ3) is 5.08. The van der Waals surface area contributed by atoms with Gasteiger partial charge in [0.25, 0.3) is 5.91 Å². The average molecular weight is 396 g/mol. The molecule has 1 heterocycles. The third-order valence-electron chi connectivity index (χ3n) is 5.91. The lowest BCUT2D eigenvalue weighted by Gasteiger charge is -2.29. The van der Waals surface area contributed by atoms with Crippen molar-refractivity contribution < 1.29 is 9.59 Å². The molecule has 5 nitrogen and oxygen atoms in total. The maximum absolute atomic E-state index is 13.1. The summed E-state index contributed by atoms with van der Waals surface area (Å²) in [7, 11) is 0. The van der Waals surface area contributed by atoms with Gasteiger partial charge in [-0.2, -0.15) is 0 Å². The van der Waals surface area contributed by atoms with Crippen LogP contribution in [0.4, 0.5) is 5.69 Å². The normalized spacial score (nSPS) is 16.0. The Labute approximate surface area is 173 Å². The Balaban J connectivity index is 1.75. The highest BCUT2D eigenvalue weighted by Crippen LogP contribution is 2.36. The maximum Gasteiger partial charge on any atom is 0.268 e. The van der Waals surface area contributed by atoms with Crippen LogP contribution in [0.1, 0.15) is 73.8 Å². The first-order valence-corrected chi connectivity index (χ1v) is 10.7. The molecular formula is C24H33N3O2. The van der Waals surface area contributed by atoms with Gasteiger partial charge in [0.2, 0.25) is 5.91 Å². The Morgan fingerprint density at radius 2 is 1.93 bits per heavy atom. The lowest BCUT2D eigenvalue weighted by molar-refractivity contribution is -0.118. The molecule has 3 rings (SSSR count). The van der Waals surface area contributed by atoms with Crippen LogP contribution in [0.15, 0.2) is 30.3 Å². The number of carbonyl (C=O) groups excluding carboxylic acids is 2. The molecule has 1 aliphatic rings. The lowest BCUT2D eigenvalue weighted by Crippen LogP contribution is -2.44. The molecule has 5 heteroatoms. The van der Waals surface area contributed by atoms with Gasteiger partial charge in [0.1, 0.15) is 11.7 Å². The minimum atomic E-state index is -0.557. The van der Waals surface area contributed by atoms with Gasteiger partial charge in [-0.25, -0.2) is 0 Å². The number of aromatic nitrogens is 1. The van der Waals surface area contributed by atoms with E-state index in [2.05, 4.69) is 36.4 Å². The van der Waals surface area contributed by atoms with E-state index >= 15 is 0 Å². The van der Waals surface area contributed by atoms with Crippen LogP contribution in [0.2, 0.25) is 0 Å². The molecule has 2 amide bonds.